The highest BCUT2D eigenvalue weighted by atomic mass is 15.1. The third-order valence-corrected chi connectivity index (χ3v) is 3.29. The highest BCUT2D eigenvalue weighted by molar-refractivity contribution is 5.75. The monoisotopic (exact) mass is 262 g/mol. The minimum absolute atomic E-state index is 0.330. The van der Waals surface area contributed by atoms with Crippen molar-refractivity contribution in [1.29, 1.82) is 5.26 Å². The molecule has 0 saturated carbocycles. The molecule has 0 aliphatic carbocycles. The number of hydrogen-bond acceptors (Lipinski definition) is 3. The average molecular weight is 262 g/mol. The second kappa shape index (κ2) is 5.54. The molecule has 20 heavy (non-hydrogen) atoms. The molecule has 0 saturated heterocycles. The predicted octanol–water partition coefficient (Wildman–Crippen LogP) is 2.74. The van der Waals surface area contributed by atoms with Crippen molar-refractivity contribution in [3.8, 4) is 6.07 Å². The Kier molecular flexibility index (Phi) is 3.42. The molecule has 0 fully saturated rings. The largest absolute Gasteiger partial charge is 0.327 e. The van der Waals surface area contributed by atoms with Gasteiger partial charge in [-0.1, -0.05) is 18.2 Å². The van der Waals surface area contributed by atoms with E-state index in [1.807, 2.05) is 42.5 Å². The van der Waals surface area contributed by atoms with E-state index in [0.29, 0.717) is 6.42 Å². The molecule has 0 amide bonds. The van der Waals surface area contributed by atoms with Crippen molar-refractivity contribution in [2.24, 2.45) is 0 Å². The highest BCUT2D eigenvalue weighted by Gasteiger charge is 2.09. The van der Waals surface area contributed by atoms with Gasteiger partial charge in [-0.05, 0) is 24.3 Å². The Labute approximate surface area is 117 Å². The Morgan fingerprint density at radius 3 is 2.75 bits per heavy atom. The van der Waals surface area contributed by atoms with Crippen molar-refractivity contribution in [3.05, 3.63) is 60.2 Å². The molecule has 0 unspecified atom stereocenters. The molecule has 0 N–H and O–H groups in total. The lowest BCUT2D eigenvalue weighted by Gasteiger charge is -2.07. The zero-order valence-corrected chi connectivity index (χ0v) is 11.0. The second-order valence-corrected chi connectivity index (χ2v) is 4.57. The van der Waals surface area contributed by atoms with Crippen LogP contribution in [0.2, 0.25) is 0 Å². The van der Waals surface area contributed by atoms with Crippen LogP contribution in [0.5, 0.6) is 0 Å². The summed E-state index contributed by atoms with van der Waals surface area (Å²) < 4.78 is 2.12. The van der Waals surface area contributed by atoms with Crippen LogP contribution in [0, 0.1) is 11.3 Å². The number of nitriles is 1. The maximum atomic E-state index is 8.94. The number of hydrogen-bond donors (Lipinski definition) is 0. The van der Waals surface area contributed by atoms with Crippen molar-refractivity contribution in [2.75, 3.05) is 0 Å². The molecule has 3 rings (SSSR count). The topological polar surface area (TPSA) is 54.5 Å². The molecule has 0 bridgehead atoms. The lowest BCUT2D eigenvalue weighted by atomic mass is 10.2. The average Bonchev–Trinajstić information content (AvgIpc) is 2.84. The molecule has 2 aromatic heterocycles. The number of imidazole rings is 1. The van der Waals surface area contributed by atoms with E-state index >= 15 is 0 Å². The Bertz CT molecular complexity index is 753. The molecule has 2 heterocycles. The van der Waals surface area contributed by atoms with Gasteiger partial charge in [0.05, 0.1) is 23.5 Å². The van der Waals surface area contributed by atoms with Crippen molar-refractivity contribution in [2.45, 2.75) is 19.4 Å². The van der Waals surface area contributed by atoms with E-state index < -0.39 is 0 Å². The molecule has 0 aliphatic rings. The van der Waals surface area contributed by atoms with Gasteiger partial charge in [-0.15, -0.1) is 0 Å². The van der Waals surface area contributed by atoms with E-state index in [4.69, 9.17) is 5.26 Å². The van der Waals surface area contributed by atoms with E-state index in [9.17, 15) is 0 Å². The molecule has 4 nitrogen and oxygen atoms in total. The van der Waals surface area contributed by atoms with Gasteiger partial charge in [0, 0.05) is 24.9 Å². The number of aryl methyl sites for hydroxylation is 2. The summed E-state index contributed by atoms with van der Waals surface area (Å²) in [5, 5.41) is 8.94. The minimum Gasteiger partial charge on any atom is -0.327 e. The van der Waals surface area contributed by atoms with Crippen LogP contribution < -0.4 is 0 Å². The number of pyridine rings is 1. The van der Waals surface area contributed by atoms with E-state index in [1.165, 1.54) is 0 Å². The molecular weight excluding hydrogens is 248 g/mol. The maximum Gasteiger partial charge on any atom is 0.124 e. The van der Waals surface area contributed by atoms with Gasteiger partial charge in [0.2, 0.25) is 0 Å². The molecule has 4 heteroatoms. The van der Waals surface area contributed by atoms with Gasteiger partial charge in [-0.3, -0.25) is 4.98 Å². The Morgan fingerprint density at radius 1 is 1.10 bits per heavy atom. The first kappa shape index (κ1) is 12.4. The highest BCUT2D eigenvalue weighted by Crippen LogP contribution is 2.17. The van der Waals surface area contributed by atoms with Gasteiger partial charge >= 0.3 is 0 Å². The third kappa shape index (κ3) is 2.39. The number of fused-ring (bicyclic) bond motifs is 1. The van der Waals surface area contributed by atoms with Gasteiger partial charge in [-0.2, -0.15) is 5.26 Å². The predicted molar refractivity (Wildman–Crippen MR) is 77.0 cm³/mol. The van der Waals surface area contributed by atoms with Crippen molar-refractivity contribution >= 4 is 11.0 Å². The number of benzene rings is 1. The molecule has 98 valence electrons. The maximum absolute atomic E-state index is 8.94. The zero-order chi connectivity index (χ0) is 13.8. The summed E-state index contributed by atoms with van der Waals surface area (Å²) in [6.45, 7) is 0.786. The first-order valence-corrected chi connectivity index (χ1v) is 6.59. The van der Waals surface area contributed by atoms with Crippen molar-refractivity contribution < 1.29 is 0 Å². The molecule has 0 spiro atoms. The Hall–Kier alpha value is -2.67. The number of aromatic nitrogens is 3. The summed E-state index contributed by atoms with van der Waals surface area (Å²) in [7, 11) is 0. The summed E-state index contributed by atoms with van der Waals surface area (Å²) in [5.74, 6) is 0.824. The minimum atomic E-state index is 0.330. The summed E-state index contributed by atoms with van der Waals surface area (Å²) in [6, 6.07) is 16.1. The first-order valence-electron chi connectivity index (χ1n) is 6.59. The fraction of sp³-hybridized carbons (Fsp3) is 0.188. The molecule has 1 aromatic carbocycles. The summed E-state index contributed by atoms with van der Waals surface area (Å²) in [5.41, 5.74) is 3.07. The second-order valence-electron chi connectivity index (χ2n) is 4.57. The molecule has 0 aliphatic heterocycles. The standard InChI is InChI=1S/C16H14N4/c17-10-8-16-19-14-6-1-2-7-15(14)20(16)12-9-13-5-3-4-11-18-13/h1-7,11H,8-9,12H2. The zero-order valence-electron chi connectivity index (χ0n) is 11.0. The van der Waals surface area contributed by atoms with Crippen LogP contribution in [0.15, 0.2) is 48.7 Å². The van der Waals surface area contributed by atoms with E-state index in [-0.39, 0.29) is 0 Å². The lowest BCUT2D eigenvalue weighted by molar-refractivity contribution is 0.674. The van der Waals surface area contributed by atoms with Crippen LogP contribution >= 0.6 is 0 Å². The molecule has 3 aromatic rings. The fourth-order valence-electron chi connectivity index (χ4n) is 2.35. The molecule has 0 radical (unpaired) electrons. The smallest absolute Gasteiger partial charge is 0.124 e. The normalized spacial score (nSPS) is 10.6. The van der Waals surface area contributed by atoms with Gasteiger partial charge in [-0.25, -0.2) is 4.98 Å². The number of nitrogens with zero attached hydrogens (tertiary/aromatic N) is 4. The van der Waals surface area contributed by atoms with Crippen LogP contribution in [0.25, 0.3) is 11.0 Å². The van der Waals surface area contributed by atoms with Crippen molar-refractivity contribution in [1.82, 2.24) is 14.5 Å². The Balaban J connectivity index is 1.93. The van der Waals surface area contributed by atoms with Crippen LogP contribution in [0.4, 0.5) is 0 Å². The number of para-hydroxylation sites is 2. The van der Waals surface area contributed by atoms with Gasteiger partial charge in [0.15, 0.2) is 0 Å². The molecule has 0 atom stereocenters. The first-order chi connectivity index (χ1) is 9.88. The van der Waals surface area contributed by atoms with Crippen LogP contribution in [-0.2, 0) is 19.4 Å². The van der Waals surface area contributed by atoms with Gasteiger partial charge < -0.3 is 4.57 Å². The lowest BCUT2D eigenvalue weighted by Crippen LogP contribution is -2.06. The van der Waals surface area contributed by atoms with E-state index in [1.54, 1.807) is 6.20 Å². The van der Waals surface area contributed by atoms with Crippen LogP contribution in [0.1, 0.15) is 11.5 Å². The van der Waals surface area contributed by atoms with Crippen LogP contribution in [0.3, 0.4) is 0 Å². The molecular formula is C16H14N4. The van der Waals surface area contributed by atoms with Gasteiger partial charge in [0.25, 0.3) is 0 Å². The fourth-order valence-corrected chi connectivity index (χ4v) is 2.35. The Morgan fingerprint density at radius 2 is 1.95 bits per heavy atom. The quantitative estimate of drug-likeness (QED) is 0.726. The summed E-state index contributed by atoms with van der Waals surface area (Å²) in [4.78, 5) is 8.87. The summed E-state index contributed by atoms with van der Waals surface area (Å²) >= 11 is 0. The summed E-state index contributed by atoms with van der Waals surface area (Å²) in [6.07, 6.45) is 2.97. The van der Waals surface area contributed by atoms with Crippen LogP contribution in [-0.4, -0.2) is 14.5 Å². The number of rotatable bonds is 4. The van der Waals surface area contributed by atoms with E-state index in [0.717, 1.165) is 35.5 Å². The van der Waals surface area contributed by atoms with Gasteiger partial charge in [0.1, 0.15) is 5.82 Å². The third-order valence-electron chi connectivity index (χ3n) is 3.29. The SMILES string of the molecule is N#CCc1nc2ccccc2n1CCc1ccccn1. The van der Waals surface area contributed by atoms with E-state index in [2.05, 4.69) is 20.6 Å². The van der Waals surface area contributed by atoms with Crippen molar-refractivity contribution in [3.63, 3.8) is 0 Å².